The van der Waals surface area contributed by atoms with Gasteiger partial charge in [0.15, 0.2) is 5.65 Å². The number of pyridine rings is 1. The summed E-state index contributed by atoms with van der Waals surface area (Å²) < 4.78 is 43.9. The molecule has 0 bridgehead atoms. The van der Waals surface area contributed by atoms with Gasteiger partial charge in [-0.25, -0.2) is 19.9 Å². The highest BCUT2D eigenvalue weighted by molar-refractivity contribution is 5.79. The van der Waals surface area contributed by atoms with Crippen LogP contribution in [-0.4, -0.2) is 67.5 Å². The molecule has 220 valence electrons. The number of piperazine rings is 1. The average molecular weight is 579 g/mol. The molecule has 1 amide bonds. The number of carbonyl (C=O) groups excluding carboxylic acids is 1. The number of carbonyl (C=O) groups is 1. The van der Waals surface area contributed by atoms with Gasteiger partial charge in [0.25, 0.3) is 0 Å². The lowest BCUT2D eigenvalue weighted by Gasteiger charge is -2.43. The van der Waals surface area contributed by atoms with Gasteiger partial charge in [0.05, 0.1) is 30.0 Å². The van der Waals surface area contributed by atoms with E-state index in [2.05, 4.69) is 31.8 Å². The summed E-state index contributed by atoms with van der Waals surface area (Å²) in [6.07, 6.45) is 4.39. The molecular formula is C30H33F3N8O. The van der Waals surface area contributed by atoms with Crippen molar-refractivity contribution in [3.63, 3.8) is 0 Å². The molecule has 0 saturated carbocycles. The van der Waals surface area contributed by atoms with Gasteiger partial charge >= 0.3 is 6.18 Å². The first-order valence-corrected chi connectivity index (χ1v) is 14.3. The molecule has 1 atom stereocenters. The van der Waals surface area contributed by atoms with Crippen molar-refractivity contribution >= 4 is 28.4 Å². The van der Waals surface area contributed by atoms with Gasteiger partial charge in [0.1, 0.15) is 17.9 Å². The van der Waals surface area contributed by atoms with E-state index in [1.807, 2.05) is 22.8 Å². The number of nitrogens with zero attached hydrogens (tertiary/aromatic N) is 8. The third-order valence-corrected chi connectivity index (χ3v) is 8.19. The van der Waals surface area contributed by atoms with E-state index >= 15 is 0 Å². The monoisotopic (exact) mass is 578 g/mol. The van der Waals surface area contributed by atoms with Crippen LogP contribution in [0.5, 0.6) is 0 Å². The lowest BCUT2D eigenvalue weighted by atomic mass is 9.91. The molecule has 0 radical (unpaired) electrons. The highest BCUT2D eigenvalue weighted by atomic mass is 19.4. The fourth-order valence-electron chi connectivity index (χ4n) is 6.10. The molecule has 9 nitrogen and oxygen atoms in total. The second-order valence-electron chi connectivity index (χ2n) is 11.0. The van der Waals surface area contributed by atoms with Crippen molar-refractivity contribution in [1.29, 1.82) is 0 Å². The molecule has 2 aliphatic rings. The second-order valence-corrected chi connectivity index (χ2v) is 11.0. The minimum Gasteiger partial charge on any atom is -0.367 e. The normalized spacial score (nSPS) is 17.5. The Labute approximate surface area is 242 Å². The number of imidazole rings is 1. The topological polar surface area (TPSA) is 83.3 Å². The number of rotatable bonds is 6. The van der Waals surface area contributed by atoms with Gasteiger partial charge in [-0.2, -0.15) is 13.2 Å². The Hall–Kier alpha value is -4.22. The third kappa shape index (κ3) is 5.37. The molecule has 0 aliphatic carbocycles. The van der Waals surface area contributed by atoms with Crippen LogP contribution >= 0.6 is 0 Å². The first-order valence-electron chi connectivity index (χ1n) is 14.3. The molecule has 1 aromatic carbocycles. The Balaban J connectivity index is 1.22. The third-order valence-electron chi connectivity index (χ3n) is 8.19. The zero-order chi connectivity index (χ0) is 29.4. The average Bonchev–Trinajstić information content (AvgIpc) is 3.39. The van der Waals surface area contributed by atoms with Gasteiger partial charge in [-0.3, -0.25) is 4.79 Å². The van der Waals surface area contributed by atoms with E-state index in [0.717, 1.165) is 35.6 Å². The fourth-order valence-corrected chi connectivity index (χ4v) is 6.10. The number of aromatic nitrogens is 5. The van der Waals surface area contributed by atoms with E-state index < -0.39 is 11.7 Å². The quantitative estimate of drug-likeness (QED) is 0.333. The van der Waals surface area contributed by atoms with E-state index in [9.17, 15) is 18.0 Å². The SMILES string of the molecule is CCCc1ncc(N2CCc3c(C(F)(F)F)ccc(N4CCN(C(=O)Cn5cnc6cccnc65)[C@H](C)C4)c3C2)cn1. The highest BCUT2D eigenvalue weighted by Gasteiger charge is 2.38. The van der Waals surface area contributed by atoms with E-state index in [1.54, 1.807) is 41.6 Å². The maximum absolute atomic E-state index is 14.0. The zero-order valence-electron chi connectivity index (χ0n) is 23.7. The van der Waals surface area contributed by atoms with Crippen LogP contribution in [-0.2, 0) is 36.9 Å². The van der Waals surface area contributed by atoms with Gasteiger partial charge < -0.3 is 19.3 Å². The highest BCUT2D eigenvalue weighted by Crippen LogP contribution is 2.40. The van der Waals surface area contributed by atoms with Crippen molar-refractivity contribution in [2.24, 2.45) is 0 Å². The number of halogens is 3. The molecule has 6 rings (SSSR count). The number of hydrogen-bond donors (Lipinski definition) is 0. The minimum absolute atomic E-state index is 0.0424. The van der Waals surface area contributed by atoms with Crippen LogP contribution in [0.25, 0.3) is 11.2 Å². The molecule has 42 heavy (non-hydrogen) atoms. The standard InChI is InChI=1S/C30H33F3N8O/c1-3-5-27-35-14-21(15-36-27)38-11-9-22-23(17-38)26(8-7-24(22)30(31,32)33)39-12-13-41(20(2)16-39)28(42)18-40-19-37-25-6-4-10-34-29(25)40/h4,6-8,10,14-15,19-20H,3,5,9,11-13,16-18H2,1-2H3/t20-/m1/s1. The number of hydrogen-bond acceptors (Lipinski definition) is 7. The van der Waals surface area contributed by atoms with Crippen molar-refractivity contribution in [1.82, 2.24) is 29.4 Å². The van der Waals surface area contributed by atoms with E-state index in [0.29, 0.717) is 49.5 Å². The van der Waals surface area contributed by atoms with Crippen molar-refractivity contribution in [2.75, 3.05) is 36.0 Å². The summed E-state index contributed by atoms with van der Waals surface area (Å²) in [7, 11) is 0. The fraction of sp³-hybridized carbons (Fsp3) is 0.433. The molecule has 1 saturated heterocycles. The largest absolute Gasteiger partial charge is 0.416 e. The molecule has 0 N–H and O–H groups in total. The van der Waals surface area contributed by atoms with Gasteiger partial charge in [0, 0.05) is 57.1 Å². The summed E-state index contributed by atoms with van der Waals surface area (Å²) in [5, 5.41) is 0. The van der Waals surface area contributed by atoms with Gasteiger partial charge in [-0.05, 0) is 55.2 Å². The summed E-state index contributed by atoms with van der Waals surface area (Å²) in [5.74, 6) is 0.719. The summed E-state index contributed by atoms with van der Waals surface area (Å²) in [4.78, 5) is 36.9. The smallest absolute Gasteiger partial charge is 0.367 e. The second kappa shape index (κ2) is 11.2. The zero-order valence-corrected chi connectivity index (χ0v) is 23.7. The lowest BCUT2D eigenvalue weighted by molar-refractivity contribution is -0.138. The summed E-state index contributed by atoms with van der Waals surface area (Å²) in [6, 6.07) is 6.33. The van der Waals surface area contributed by atoms with Crippen LogP contribution in [0.2, 0.25) is 0 Å². The molecule has 0 unspecified atom stereocenters. The number of benzene rings is 1. The number of alkyl halides is 3. The molecular weight excluding hydrogens is 545 g/mol. The predicted octanol–water partition coefficient (Wildman–Crippen LogP) is 4.49. The summed E-state index contributed by atoms with van der Waals surface area (Å²) in [5.41, 5.74) is 3.43. The van der Waals surface area contributed by atoms with Crippen LogP contribution in [0, 0.1) is 0 Å². The Morgan fingerprint density at radius 3 is 2.55 bits per heavy atom. The molecule has 4 aromatic rings. The maximum Gasteiger partial charge on any atom is 0.416 e. The minimum atomic E-state index is -4.43. The van der Waals surface area contributed by atoms with E-state index in [-0.39, 0.29) is 24.9 Å². The molecule has 5 heterocycles. The number of aryl methyl sites for hydroxylation is 1. The van der Waals surface area contributed by atoms with Gasteiger partial charge in [-0.15, -0.1) is 0 Å². The number of amides is 1. The molecule has 3 aromatic heterocycles. The van der Waals surface area contributed by atoms with Crippen molar-refractivity contribution in [3.05, 3.63) is 71.7 Å². The first kappa shape index (κ1) is 27.9. The maximum atomic E-state index is 14.0. The van der Waals surface area contributed by atoms with Crippen molar-refractivity contribution < 1.29 is 18.0 Å². The molecule has 2 aliphatic heterocycles. The van der Waals surface area contributed by atoms with Crippen molar-refractivity contribution in [3.8, 4) is 0 Å². The first-order chi connectivity index (χ1) is 20.2. The molecule has 12 heteroatoms. The van der Waals surface area contributed by atoms with Crippen LogP contribution in [0.15, 0.2) is 49.2 Å². The van der Waals surface area contributed by atoms with E-state index in [4.69, 9.17) is 0 Å². The Kier molecular flexibility index (Phi) is 7.46. The van der Waals surface area contributed by atoms with E-state index in [1.165, 1.54) is 6.07 Å². The molecule has 0 spiro atoms. The number of anilines is 2. The van der Waals surface area contributed by atoms with Crippen molar-refractivity contribution in [2.45, 2.75) is 58.4 Å². The predicted molar refractivity (Wildman–Crippen MR) is 153 cm³/mol. The Morgan fingerprint density at radius 1 is 1.00 bits per heavy atom. The van der Waals surface area contributed by atoms with Crippen LogP contribution in [0.1, 0.15) is 42.8 Å². The molecule has 1 fully saturated rings. The van der Waals surface area contributed by atoms with Crippen LogP contribution in [0.4, 0.5) is 24.5 Å². The van der Waals surface area contributed by atoms with Crippen LogP contribution < -0.4 is 9.80 Å². The Morgan fingerprint density at radius 2 is 1.81 bits per heavy atom. The van der Waals surface area contributed by atoms with Gasteiger partial charge in [-0.1, -0.05) is 6.92 Å². The summed E-state index contributed by atoms with van der Waals surface area (Å²) in [6.45, 7) is 6.45. The number of fused-ring (bicyclic) bond motifs is 2. The van der Waals surface area contributed by atoms with Crippen LogP contribution in [0.3, 0.4) is 0 Å². The summed E-state index contributed by atoms with van der Waals surface area (Å²) >= 11 is 0. The van der Waals surface area contributed by atoms with Gasteiger partial charge in [0.2, 0.25) is 5.91 Å². The lowest BCUT2D eigenvalue weighted by Crippen LogP contribution is -2.55. The Bertz CT molecular complexity index is 1590.